The second-order valence-electron chi connectivity index (χ2n) is 4.62. The molecule has 1 aromatic carbocycles. The Morgan fingerprint density at radius 2 is 1.57 bits per heavy atom. The van der Waals surface area contributed by atoms with Gasteiger partial charge in [-0.1, -0.05) is 24.3 Å². The van der Waals surface area contributed by atoms with Gasteiger partial charge in [-0.15, -0.1) is 0 Å². The molecule has 21 heavy (non-hydrogen) atoms. The summed E-state index contributed by atoms with van der Waals surface area (Å²) < 4.78 is 4.59. The smallest absolute Gasteiger partial charge is 0.356 e. The minimum Gasteiger partial charge on any atom is -0.464 e. The van der Waals surface area contributed by atoms with Crippen molar-refractivity contribution in [3.05, 3.63) is 58.9 Å². The summed E-state index contributed by atoms with van der Waals surface area (Å²) in [6, 6.07) is 10.4. The van der Waals surface area contributed by atoms with Crippen molar-refractivity contribution < 1.29 is 14.3 Å². The van der Waals surface area contributed by atoms with Crippen LogP contribution in [0.5, 0.6) is 0 Å². The Hall–Kier alpha value is -2.69. The van der Waals surface area contributed by atoms with E-state index in [1.807, 2.05) is 32.0 Å². The van der Waals surface area contributed by atoms with Crippen LogP contribution in [0, 0.1) is 13.8 Å². The van der Waals surface area contributed by atoms with E-state index in [4.69, 9.17) is 0 Å². The zero-order chi connectivity index (χ0) is 15.4. The predicted molar refractivity (Wildman–Crippen MR) is 79.4 cm³/mol. The second kappa shape index (κ2) is 6.17. The van der Waals surface area contributed by atoms with E-state index in [-0.39, 0.29) is 17.3 Å². The van der Waals surface area contributed by atoms with Crippen molar-refractivity contribution in [3.63, 3.8) is 0 Å². The number of carbonyl (C=O) groups excluding carboxylic acids is 2. The van der Waals surface area contributed by atoms with E-state index in [2.05, 4.69) is 15.0 Å². The molecule has 0 spiro atoms. The highest BCUT2D eigenvalue weighted by Crippen LogP contribution is 2.20. The van der Waals surface area contributed by atoms with Crippen LogP contribution in [0.1, 0.15) is 32.1 Å². The Kier molecular flexibility index (Phi) is 4.33. The van der Waals surface area contributed by atoms with Crippen LogP contribution in [-0.4, -0.2) is 24.0 Å². The van der Waals surface area contributed by atoms with Gasteiger partial charge in [0.15, 0.2) is 0 Å². The van der Waals surface area contributed by atoms with Gasteiger partial charge < -0.3 is 10.1 Å². The molecule has 0 atom stereocenters. The summed E-state index contributed by atoms with van der Waals surface area (Å²) in [5, 5.41) is 2.83. The van der Waals surface area contributed by atoms with E-state index < -0.39 is 5.97 Å². The molecule has 1 amide bonds. The lowest BCUT2D eigenvalue weighted by molar-refractivity contribution is 0.0594. The lowest BCUT2D eigenvalue weighted by Crippen LogP contribution is -2.17. The number of nitrogens with zero attached hydrogens (tertiary/aromatic N) is 1. The van der Waals surface area contributed by atoms with Crippen LogP contribution in [0.2, 0.25) is 0 Å². The van der Waals surface area contributed by atoms with E-state index >= 15 is 0 Å². The largest absolute Gasteiger partial charge is 0.464 e. The molecule has 5 heteroatoms. The highest BCUT2D eigenvalue weighted by atomic mass is 16.5. The van der Waals surface area contributed by atoms with Gasteiger partial charge in [-0.2, -0.15) is 0 Å². The number of anilines is 1. The van der Waals surface area contributed by atoms with Gasteiger partial charge in [0.25, 0.3) is 5.91 Å². The first-order chi connectivity index (χ1) is 10.0. The van der Waals surface area contributed by atoms with Crippen LogP contribution in [0.4, 0.5) is 5.69 Å². The Bertz CT molecular complexity index is 675. The van der Waals surface area contributed by atoms with Gasteiger partial charge in [-0.3, -0.25) is 4.79 Å². The van der Waals surface area contributed by atoms with Crippen molar-refractivity contribution in [3.8, 4) is 0 Å². The summed E-state index contributed by atoms with van der Waals surface area (Å²) in [5.74, 6) is -0.935. The molecule has 1 heterocycles. The van der Waals surface area contributed by atoms with Crippen molar-refractivity contribution in [2.45, 2.75) is 13.8 Å². The molecule has 0 aliphatic carbocycles. The summed E-state index contributed by atoms with van der Waals surface area (Å²) in [6.45, 7) is 3.84. The van der Waals surface area contributed by atoms with Crippen LogP contribution in [0.3, 0.4) is 0 Å². The first kappa shape index (κ1) is 14.7. The second-order valence-corrected chi connectivity index (χ2v) is 4.62. The van der Waals surface area contributed by atoms with Crippen molar-refractivity contribution in [1.29, 1.82) is 0 Å². The predicted octanol–water partition coefficient (Wildman–Crippen LogP) is 2.74. The Morgan fingerprint density at radius 1 is 1.00 bits per heavy atom. The zero-order valence-corrected chi connectivity index (χ0v) is 12.1. The number of ether oxygens (including phenoxy) is 1. The van der Waals surface area contributed by atoms with Gasteiger partial charge >= 0.3 is 5.97 Å². The normalized spacial score (nSPS) is 10.0. The summed E-state index contributed by atoms with van der Waals surface area (Å²) in [7, 11) is 1.27. The molecule has 0 bridgehead atoms. The highest BCUT2D eigenvalue weighted by Gasteiger charge is 2.14. The van der Waals surface area contributed by atoms with Gasteiger partial charge in [-0.25, -0.2) is 9.78 Å². The van der Waals surface area contributed by atoms with E-state index in [0.29, 0.717) is 0 Å². The van der Waals surface area contributed by atoms with Gasteiger partial charge in [0.2, 0.25) is 0 Å². The maximum atomic E-state index is 12.3. The first-order valence-corrected chi connectivity index (χ1v) is 6.46. The van der Waals surface area contributed by atoms with Crippen LogP contribution in [0.25, 0.3) is 0 Å². The minimum atomic E-state index is -0.572. The molecule has 0 aliphatic heterocycles. The number of para-hydroxylation sites is 1. The van der Waals surface area contributed by atoms with Crippen molar-refractivity contribution in [2.24, 2.45) is 0 Å². The van der Waals surface area contributed by atoms with Crippen LogP contribution >= 0.6 is 0 Å². The Balaban J connectivity index is 2.27. The minimum absolute atomic E-state index is 0.103. The number of benzene rings is 1. The van der Waals surface area contributed by atoms with E-state index in [0.717, 1.165) is 16.8 Å². The van der Waals surface area contributed by atoms with Crippen LogP contribution in [0.15, 0.2) is 36.4 Å². The lowest BCUT2D eigenvalue weighted by Gasteiger charge is -2.11. The number of aryl methyl sites for hydroxylation is 2. The number of pyridine rings is 1. The topological polar surface area (TPSA) is 68.3 Å². The summed E-state index contributed by atoms with van der Waals surface area (Å²) in [5.41, 5.74) is 2.96. The molecule has 0 fully saturated rings. The highest BCUT2D eigenvalue weighted by molar-refractivity contribution is 6.04. The number of methoxy groups -OCH3 is 1. The number of amides is 1. The van der Waals surface area contributed by atoms with Gasteiger partial charge in [0, 0.05) is 5.69 Å². The number of esters is 1. The first-order valence-electron chi connectivity index (χ1n) is 6.46. The van der Waals surface area contributed by atoms with Crippen molar-refractivity contribution in [2.75, 3.05) is 12.4 Å². The number of aromatic nitrogens is 1. The molecular weight excluding hydrogens is 268 g/mol. The molecule has 1 aromatic heterocycles. The van der Waals surface area contributed by atoms with Crippen LogP contribution in [-0.2, 0) is 4.74 Å². The average molecular weight is 284 g/mol. The molecule has 2 aromatic rings. The average Bonchev–Trinajstić information content (AvgIpc) is 2.50. The maximum Gasteiger partial charge on any atom is 0.356 e. The SMILES string of the molecule is COC(=O)c1cccc(C(=O)Nc2c(C)cccc2C)n1. The fourth-order valence-electron chi connectivity index (χ4n) is 1.97. The molecule has 1 N–H and O–H groups in total. The third kappa shape index (κ3) is 3.25. The fourth-order valence-corrected chi connectivity index (χ4v) is 1.97. The third-order valence-corrected chi connectivity index (χ3v) is 3.10. The number of carbonyl (C=O) groups is 2. The Morgan fingerprint density at radius 3 is 2.19 bits per heavy atom. The summed E-state index contributed by atoms with van der Waals surface area (Å²) in [4.78, 5) is 27.7. The monoisotopic (exact) mass is 284 g/mol. The summed E-state index contributed by atoms with van der Waals surface area (Å²) in [6.07, 6.45) is 0. The van der Waals surface area contributed by atoms with Gasteiger partial charge in [0.1, 0.15) is 11.4 Å². The van der Waals surface area contributed by atoms with E-state index in [1.165, 1.54) is 13.2 Å². The number of rotatable bonds is 3. The molecule has 0 unspecified atom stereocenters. The number of hydrogen-bond acceptors (Lipinski definition) is 4. The molecule has 0 aliphatic rings. The van der Waals surface area contributed by atoms with Crippen molar-refractivity contribution in [1.82, 2.24) is 4.98 Å². The maximum absolute atomic E-state index is 12.3. The quantitative estimate of drug-likeness (QED) is 0.880. The molecule has 108 valence electrons. The Labute approximate surface area is 123 Å². The number of hydrogen-bond donors (Lipinski definition) is 1. The molecule has 2 rings (SSSR count). The molecule has 0 saturated heterocycles. The standard InChI is InChI=1S/C16H16N2O3/c1-10-6-4-7-11(2)14(10)18-15(19)12-8-5-9-13(17-12)16(20)21-3/h4-9H,1-3H3,(H,18,19). The molecule has 5 nitrogen and oxygen atoms in total. The molecular formula is C16H16N2O3. The lowest BCUT2D eigenvalue weighted by atomic mass is 10.1. The van der Waals surface area contributed by atoms with E-state index in [1.54, 1.807) is 12.1 Å². The zero-order valence-electron chi connectivity index (χ0n) is 12.1. The van der Waals surface area contributed by atoms with Crippen molar-refractivity contribution >= 4 is 17.6 Å². The van der Waals surface area contributed by atoms with Gasteiger partial charge in [-0.05, 0) is 37.1 Å². The van der Waals surface area contributed by atoms with E-state index in [9.17, 15) is 9.59 Å². The van der Waals surface area contributed by atoms with Gasteiger partial charge in [0.05, 0.1) is 7.11 Å². The third-order valence-electron chi connectivity index (χ3n) is 3.10. The fraction of sp³-hybridized carbons (Fsp3) is 0.188. The van der Waals surface area contributed by atoms with Crippen LogP contribution < -0.4 is 5.32 Å². The molecule has 0 saturated carbocycles. The number of nitrogens with one attached hydrogen (secondary N) is 1. The summed E-state index contributed by atoms with van der Waals surface area (Å²) >= 11 is 0. The molecule has 0 radical (unpaired) electrons.